The molecule has 0 aliphatic carbocycles. The van der Waals surface area contributed by atoms with Gasteiger partial charge in [0, 0.05) is 44.6 Å². The summed E-state index contributed by atoms with van der Waals surface area (Å²) in [6.07, 6.45) is 2.11. The van der Waals surface area contributed by atoms with Crippen LogP contribution in [0.4, 0.5) is 19.0 Å². The largest absolute Gasteiger partial charge is 0.433 e. The Morgan fingerprint density at radius 1 is 1.23 bits per heavy atom. The van der Waals surface area contributed by atoms with E-state index in [0.29, 0.717) is 5.82 Å². The molecule has 1 saturated heterocycles. The smallest absolute Gasteiger partial charge is 0.355 e. The van der Waals surface area contributed by atoms with E-state index in [2.05, 4.69) is 25.9 Å². The number of aromatic nitrogens is 3. The van der Waals surface area contributed by atoms with Gasteiger partial charge in [0.05, 0.1) is 0 Å². The van der Waals surface area contributed by atoms with Crippen LogP contribution >= 0.6 is 0 Å². The molecule has 1 unspecified atom stereocenters. The van der Waals surface area contributed by atoms with Crippen LogP contribution in [0.15, 0.2) is 30.9 Å². The van der Waals surface area contributed by atoms with Gasteiger partial charge in [-0.15, -0.1) is 0 Å². The highest BCUT2D eigenvalue weighted by Crippen LogP contribution is 2.29. The summed E-state index contributed by atoms with van der Waals surface area (Å²) in [4.78, 5) is 15.7. The number of pyridine rings is 1. The van der Waals surface area contributed by atoms with Crippen molar-refractivity contribution in [1.29, 1.82) is 0 Å². The fraction of sp³-hybridized carbons (Fsp3) is 0.500. The minimum atomic E-state index is -4.46. The number of aryl methyl sites for hydroxylation is 1. The van der Waals surface area contributed by atoms with Crippen molar-refractivity contribution in [2.75, 3.05) is 25.0 Å². The Balaban J connectivity index is 1.69. The summed E-state index contributed by atoms with van der Waals surface area (Å²) in [6, 6.07) is 3.24. The average molecular weight is 365 g/mol. The van der Waals surface area contributed by atoms with E-state index in [-0.39, 0.29) is 6.04 Å². The molecule has 0 amide bonds. The molecule has 5 nitrogen and oxygen atoms in total. The maximum absolute atomic E-state index is 12.9. The van der Waals surface area contributed by atoms with Gasteiger partial charge in [0.15, 0.2) is 0 Å². The molecule has 8 heteroatoms. The maximum Gasteiger partial charge on any atom is 0.433 e. The molecular weight excluding hydrogens is 343 g/mol. The van der Waals surface area contributed by atoms with Crippen molar-refractivity contribution in [1.82, 2.24) is 19.9 Å². The number of anilines is 1. The summed E-state index contributed by atoms with van der Waals surface area (Å²) in [5.74, 6) is 0.302. The lowest BCUT2D eigenvalue weighted by atomic mass is 10.0. The van der Waals surface area contributed by atoms with Crippen molar-refractivity contribution in [3.63, 3.8) is 0 Å². The lowest BCUT2D eigenvalue weighted by Crippen LogP contribution is -2.46. The number of likely N-dealkylation sites (N-methyl/N-ethyl adjacent to an activating group) is 1. The zero-order chi connectivity index (χ0) is 18.7. The van der Waals surface area contributed by atoms with E-state index < -0.39 is 11.9 Å². The van der Waals surface area contributed by atoms with Gasteiger partial charge in [-0.05, 0) is 37.4 Å². The van der Waals surface area contributed by atoms with Crippen LogP contribution in [0.1, 0.15) is 29.7 Å². The van der Waals surface area contributed by atoms with Crippen LogP contribution in [0, 0.1) is 6.92 Å². The molecule has 2 aromatic heterocycles. The molecule has 1 atom stereocenters. The van der Waals surface area contributed by atoms with Crippen LogP contribution in [0.2, 0.25) is 0 Å². The third-order valence-corrected chi connectivity index (χ3v) is 4.67. The van der Waals surface area contributed by atoms with Gasteiger partial charge < -0.3 is 4.90 Å². The Morgan fingerprint density at radius 2 is 2.04 bits per heavy atom. The zero-order valence-electron chi connectivity index (χ0n) is 14.9. The summed E-state index contributed by atoms with van der Waals surface area (Å²) in [7, 11) is 1.80. The van der Waals surface area contributed by atoms with Crippen molar-refractivity contribution >= 4 is 5.82 Å². The monoisotopic (exact) mass is 365 g/mol. The molecule has 0 saturated carbocycles. The highest BCUT2D eigenvalue weighted by Gasteiger charge is 2.33. The van der Waals surface area contributed by atoms with Crippen molar-refractivity contribution in [2.45, 2.75) is 38.5 Å². The van der Waals surface area contributed by atoms with E-state index in [0.717, 1.165) is 56.0 Å². The van der Waals surface area contributed by atoms with Gasteiger partial charge >= 0.3 is 6.18 Å². The van der Waals surface area contributed by atoms with Crippen LogP contribution < -0.4 is 4.90 Å². The summed E-state index contributed by atoms with van der Waals surface area (Å²) in [6.45, 7) is 4.54. The van der Waals surface area contributed by atoms with Crippen LogP contribution in [0.25, 0.3) is 0 Å². The lowest BCUT2D eigenvalue weighted by molar-refractivity contribution is -0.141. The standard InChI is InChI=1S/C18H22F3N5/c1-13-6-14(9-22-8-13)10-26-5-3-4-15(11-26)25(2)17-7-16(18(19,20)21)23-12-24-17/h6-9,12,15H,3-5,10-11H2,1-2H3. The second-order valence-electron chi connectivity index (χ2n) is 6.77. The van der Waals surface area contributed by atoms with E-state index in [1.807, 2.05) is 24.2 Å². The second kappa shape index (κ2) is 7.57. The summed E-state index contributed by atoms with van der Waals surface area (Å²) in [5, 5.41) is 0. The quantitative estimate of drug-likeness (QED) is 0.832. The lowest BCUT2D eigenvalue weighted by Gasteiger charge is -2.38. The summed E-state index contributed by atoms with van der Waals surface area (Å²) in [5.41, 5.74) is 1.36. The summed E-state index contributed by atoms with van der Waals surface area (Å²) < 4.78 is 38.7. The van der Waals surface area contributed by atoms with Gasteiger partial charge in [0.1, 0.15) is 17.8 Å². The number of hydrogen-bond donors (Lipinski definition) is 0. The van der Waals surface area contributed by atoms with E-state index in [1.54, 1.807) is 7.05 Å². The third-order valence-electron chi connectivity index (χ3n) is 4.67. The Hall–Kier alpha value is -2.22. The number of alkyl halides is 3. The first-order valence-corrected chi connectivity index (χ1v) is 8.58. The molecule has 0 N–H and O–H groups in total. The fourth-order valence-electron chi connectivity index (χ4n) is 3.34. The Labute approximate surface area is 150 Å². The first-order valence-electron chi connectivity index (χ1n) is 8.58. The van der Waals surface area contributed by atoms with Crippen molar-refractivity contribution in [3.05, 3.63) is 47.7 Å². The number of hydrogen-bond acceptors (Lipinski definition) is 5. The predicted molar refractivity (Wildman–Crippen MR) is 92.7 cm³/mol. The van der Waals surface area contributed by atoms with Gasteiger partial charge in [0.2, 0.25) is 0 Å². The number of likely N-dealkylation sites (tertiary alicyclic amines) is 1. The maximum atomic E-state index is 12.9. The topological polar surface area (TPSA) is 45.2 Å². The molecule has 140 valence electrons. The molecule has 0 bridgehead atoms. The number of rotatable bonds is 4. The molecule has 3 heterocycles. The van der Waals surface area contributed by atoms with Crippen molar-refractivity contribution in [2.24, 2.45) is 0 Å². The third kappa shape index (κ3) is 4.49. The molecule has 0 aromatic carbocycles. The highest BCUT2D eigenvalue weighted by molar-refractivity contribution is 5.40. The molecular formula is C18H22F3N5. The van der Waals surface area contributed by atoms with E-state index in [4.69, 9.17) is 0 Å². The number of piperidine rings is 1. The molecule has 3 rings (SSSR count). The SMILES string of the molecule is Cc1cncc(CN2CCCC(N(C)c3cc(C(F)(F)F)ncn3)C2)c1. The second-order valence-corrected chi connectivity index (χ2v) is 6.77. The number of halogens is 3. The van der Waals surface area contributed by atoms with Gasteiger partial charge in [-0.3, -0.25) is 9.88 Å². The highest BCUT2D eigenvalue weighted by atomic mass is 19.4. The van der Waals surface area contributed by atoms with Crippen molar-refractivity contribution < 1.29 is 13.2 Å². The molecule has 26 heavy (non-hydrogen) atoms. The molecule has 0 radical (unpaired) electrons. The summed E-state index contributed by atoms with van der Waals surface area (Å²) >= 11 is 0. The van der Waals surface area contributed by atoms with Gasteiger partial charge in [-0.25, -0.2) is 9.97 Å². The van der Waals surface area contributed by atoms with E-state index in [9.17, 15) is 13.2 Å². The molecule has 1 fully saturated rings. The Morgan fingerprint density at radius 3 is 2.77 bits per heavy atom. The molecule has 0 spiro atoms. The van der Waals surface area contributed by atoms with Crippen LogP contribution in [-0.4, -0.2) is 46.0 Å². The first-order chi connectivity index (χ1) is 12.3. The average Bonchev–Trinajstić information content (AvgIpc) is 2.61. The van der Waals surface area contributed by atoms with Crippen LogP contribution in [0.5, 0.6) is 0 Å². The van der Waals surface area contributed by atoms with E-state index >= 15 is 0 Å². The Kier molecular flexibility index (Phi) is 5.41. The van der Waals surface area contributed by atoms with Crippen LogP contribution in [0.3, 0.4) is 0 Å². The number of nitrogens with zero attached hydrogens (tertiary/aromatic N) is 5. The fourth-order valence-corrected chi connectivity index (χ4v) is 3.34. The zero-order valence-corrected chi connectivity index (χ0v) is 14.9. The Bertz CT molecular complexity index is 750. The minimum Gasteiger partial charge on any atom is -0.355 e. The van der Waals surface area contributed by atoms with Crippen molar-refractivity contribution in [3.8, 4) is 0 Å². The minimum absolute atomic E-state index is 0.109. The first kappa shape index (κ1) is 18.6. The predicted octanol–water partition coefficient (Wildman–Crippen LogP) is 3.30. The van der Waals surface area contributed by atoms with Gasteiger partial charge in [-0.2, -0.15) is 13.2 Å². The molecule has 1 aliphatic heterocycles. The van der Waals surface area contributed by atoms with Gasteiger partial charge in [0.25, 0.3) is 0 Å². The van der Waals surface area contributed by atoms with E-state index in [1.165, 1.54) is 0 Å². The molecule has 1 aliphatic rings. The normalized spacial score (nSPS) is 18.7. The molecule has 2 aromatic rings. The van der Waals surface area contributed by atoms with Gasteiger partial charge in [-0.1, -0.05) is 6.07 Å². The van der Waals surface area contributed by atoms with Crippen LogP contribution in [-0.2, 0) is 12.7 Å².